The molecule has 2 atom stereocenters. The van der Waals surface area contributed by atoms with Gasteiger partial charge in [0.1, 0.15) is 11.5 Å². The minimum atomic E-state index is -1.10. The number of ether oxygens (including phenoxy) is 2. The first-order valence-electron chi connectivity index (χ1n) is 8.75. The van der Waals surface area contributed by atoms with E-state index in [1.807, 2.05) is 0 Å². The van der Waals surface area contributed by atoms with E-state index in [-0.39, 0.29) is 23.8 Å². The minimum absolute atomic E-state index is 0.148. The van der Waals surface area contributed by atoms with Gasteiger partial charge in [-0.25, -0.2) is 4.79 Å². The second-order valence-corrected chi connectivity index (χ2v) is 6.79. The van der Waals surface area contributed by atoms with Crippen LogP contribution < -0.4 is 10.4 Å². The quantitative estimate of drug-likeness (QED) is 0.530. The molecule has 142 valence electrons. The summed E-state index contributed by atoms with van der Waals surface area (Å²) in [4.78, 5) is 25.5. The topological polar surface area (TPSA) is 89.6 Å². The SMILES string of the molecule is CCOC(=O)C1C(=N)Oc2c(c(=O)oc3ccccc23)C1c1ccc(Cl)cc1. The summed E-state index contributed by atoms with van der Waals surface area (Å²) in [5.41, 5.74) is 0.563. The molecule has 7 heteroatoms. The molecule has 0 bridgehead atoms. The lowest BCUT2D eigenvalue weighted by molar-refractivity contribution is -0.146. The van der Waals surface area contributed by atoms with Crippen LogP contribution >= 0.6 is 11.6 Å². The van der Waals surface area contributed by atoms with Crippen LogP contribution in [0.1, 0.15) is 24.0 Å². The average molecular weight is 398 g/mol. The Morgan fingerprint density at radius 2 is 1.89 bits per heavy atom. The van der Waals surface area contributed by atoms with Gasteiger partial charge < -0.3 is 13.9 Å². The lowest BCUT2D eigenvalue weighted by atomic mass is 9.78. The zero-order chi connectivity index (χ0) is 19.8. The fraction of sp³-hybridized carbons (Fsp3) is 0.190. The van der Waals surface area contributed by atoms with E-state index in [4.69, 9.17) is 30.9 Å². The van der Waals surface area contributed by atoms with Crippen molar-refractivity contribution >= 4 is 34.4 Å². The van der Waals surface area contributed by atoms with Gasteiger partial charge >= 0.3 is 11.6 Å². The van der Waals surface area contributed by atoms with Gasteiger partial charge in [-0.1, -0.05) is 35.9 Å². The summed E-state index contributed by atoms with van der Waals surface area (Å²) in [6, 6.07) is 13.7. The Morgan fingerprint density at radius 3 is 2.61 bits per heavy atom. The normalized spacial score (nSPS) is 18.4. The van der Waals surface area contributed by atoms with E-state index in [1.54, 1.807) is 55.5 Å². The van der Waals surface area contributed by atoms with Crippen molar-refractivity contribution in [3.8, 4) is 5.75 Å². The largest absolute Gasteiger partial charge is 0.465 e. The number of carbonyl (C=O) groups excluding carboxylic acids is 1. The predicted octanol–water partition coefficient (Wildman–Crippen LogP) is 4.13. The van der Waals surface area contributed by atoms with Crippen LogP contribution in [-0.2, 0) is 9.53 Å². The first kappa shape index (κ1) is 18.3. The molecule has 1 aliphatic heterocycles. The average Bonchev–Trinajstić information content (AvgIpc) is 2.68. The molecule has 1 N–H and O–H groups in total. The van der Waals surface area contributed by atoms with E-state index in [0.29, 0.717) is 21.6 Å². The Hall–Kier alpha value is -3.12. The summed E-state index contributed by atoms with van der Waals surface area (Å²) in [5.74, 6) is -2.56. The number of esters is 1. The van der Waals surface area contributed by atoms with Gasteiger partial charge in [-0.05, 0) is 36.8 Å². The second kappa shape index (κ2) is 7.13. The van der Waals surface area contributed by atoms with Crippen molar-refractivity contribution in [1.82, 2.24) is 0 Å². The number of nitrogens with one attached hydrogen (secondary N) is 1. The lowest BCUT2D eigenvalue weighted by Gasteiger charge is -2.32. The van der Waals surface area contributed by atoms with Gasteiger partial charge in [0, 0.05) is 10.9 Å². The maximum absolute atomic E-state index is 12.9. The molecule has 2 unspecified atom stereocenters. The molecule has 0 saturated carbocycles. The molecule has 2 heterocycles. The van der Waals surface area contributed by atoms with Crippen LogP contribution in [0.2, 0.25) is 5.02 Å². The number of rotatable bonds is 3. The van der Waals surface area contributed by atoms with E-state index < -0.39 is 23.4 Å². The summed E-state index contributed by atoms with van der Waals surface area (Å²) >= 11 is 6.00. The predicted molar refractivity (Wildman–Crippen MR) is 104 cm³/mol. The van der Waals surface area contributed by atoms with E-state index in [0.717, 1.165) is 0 Å². The number of halogens is 1. The molecule has 0 saturated heterocycles. The number of carbonyl (C=O) groups is 1. The maximum atomic E-state index is 12.9. The molecule has 1 aromatic heterocycles. The summed E-state index contributed by atoms with van der Waals surface area (Å²) in [6.45, 7) is 1.83. The van der Waals surface area contributed by atoms with Crippen LogP contribution in [0.4, 0.5) is 0 Å². The van der Waals surface area contributed by atoms with Crippen LogP contribution in [0.25, 0.3) is 11.0 Å². The molecule has 28 heavy (non-hydrogen) atoms. The molecule has 3 aromatic rings. The first-order valence-corrected chi connectivity index (χ1v) is 9.13. The molecule has 0 radical (unpaired) electrons. The van der Waals surface area contributed by atoms with Crippen molar-refractivity contribution < 1.29 is 18.7 Å². The third kappa shape index (κ3) is 2.96. The second-order valence-electron chi connectivity index (χ2n) is 6.35. The van der Waals surface area contributed by atoms with E-state index in [9.17, 15) is 9.59 Å². The van der Waals surface area contributed by atoms with Gasteiger partial charge in [0.15, 0.2) is 5.75 Å². The highest BCUT2D eigenvalue weighted by Crippen LogP contribution is 2.44. The highest BCUT2D eigenvalue weighted by molar-refractivity contribution is 6.30. The molecular weight excluding hydrogens is 382 g/mol. The van der Waals surface area contributed by atoms with Crippen molar-refractivity contribution in [2.24, 2.45) is 5.92 Å². The first-order chi connectivity index (χ1) is 13.5. The van der Waals surface area contributed by atoms with Crippen molar-refractivity contribution in [1.29, 1.82) is 5.41 Å². The molecule has 1 aliphatic rings. The standard InChI is InChI=1S/C21H16ClNO5/c1-2-26-20(24)17-15(11-7-9-12(22)10-8-11)16-18(28-19(17)23)13-5-3-4-6-14(13)27-21(16)25/h3-10,15,17,23H,2H2,1H3. The highest BCUT2D eigenvalue weighted by Gasteiger charge is 2.45. The van der Waals surface area contributed by atoms with Crippen molar-refractivity contribution in [2.75, 3.05) is 6.61 Å². The van der Waals surface area contributed by atoms with Crippen molar-refractivity contribution in [3.63, 3.8) is 0 Å². The third-order valence-corrected chi connectivity index (χ3v) is 4.96. The Kier molecular flexibility index (Phi) is 4.65. The number of para-hydroxylation sites is 1. The van der Waals surface area contributed by atoms with Crippen LogP contribution in [0.15, 0.2) is 57.7 Å². The van der Waals surface area contributed by atoms with Crippen LogP contribution in [0, 0.1) is 11.3 Å². The highest BCUT2D eigenvalue weighted by atomic mass is 35.5. The van der Waals surface area contributed by atoms with Gasteiger partial charge in [-0.15, -0.1) is 0 Å². The molecule has 0 amide bonds. The van der Waals surface area contributed by atoms with Gasteiger partial charge in [0.05, 0.1) is 17.6 Å². The molecule has 4 rings (SSSR count). The van der Waals surface area contributed by atoms with Crippen LogP contribution in [0.5, 0.6) is 5.75 Å². The van der Waals surface area contributed by atoms with Gasteiger partial charge in [-0.2, -0.15) is 0 Å². The molecule has 0 aliphatic carbocycles. The van der Waals surface area contributed by atoms with Gasteiger partial charge in [0.25, 0.3) is 0 Å². The van der Waals surface area contributed by atoms with Crippen molar-refractivity contribution in [2.45, 2.75) is 12.8 Å². The summed E-state index contributed by atoms with van der Waals surface area (Å²) < 4.78 is 16.3. The molecule has 0 fully saturated rings. The van der Waals surface area contributed by atoms with Crippen LogP contribution in [-0.4, -0.2) is 18.5 Å². The lowest BCUT2D eigenvalue weighted by Crippen LogP contribution is -2.40. The maximum Gasteiger partial charge on any atom is 0.343 e. The Balaban J connectivity index is 2.01. The molecule has 2 aromatic carbocycles. The van der Waals surface area contributed by atoms with E-state index in [2.05, 4.69) is 0 Å². The third-order valence-electron chi connectivity index (χ3n) is 4.71. The number of hydrogen-bond donors (Lipinski definition) is 1. The molecular formula is C21H16ClNO5. The van der Waals surface area contributed by atoms with E-state index >= 15 is 0 Å². The van der Waals surface area contributed by atoms with Gasteiger partial charge in [-0.3, -0.25) is 10.2 Å². The van der Waals surface area contributed by atoms with E-state index in [1.165, 1.54) is 0 Å². The number of hydrogen-bond acceptors (Lipinski definition) is 6. The zero-order valence-corrected chi connectivity index (χ0v) is 15.7. The molecule has 0 spiro atoms. The minimum Gasteiger partial charge on any atom is -0.465 e. The summed E-state index contributed by atoms with van der Waals surface area (Å²) in [7, 11) is 0. The number of fused-ring (bicyclic) bond motifs is 3. The Morgan fingerprint density at radius 1 is 1.18 bits per heavy atom. The zero-order valence-electron chi connectivity index (χ0n) is 14.9. The van der Waals surface area contributed by atoms with Crippen LogP contribution in [0.3, 0.4) is 0 Å². The Labute approximate surface area is 165 Å². The van der Waals surface area contributed by atoms with Crippen molar-refractivity contribution in [3.05, 3.63) is 75.1 Å². The Bertz CT molecular complexity index is 1140. The molecule has 6 nitrogen and oxygen atoms in total. The fourth-order valence-corrected chi connectivity index (χ4v) is 3.64. The van der Waals surface area contributed by atoms with Gasteiger partial charge in [0.2, 0.25) is 5.90 Å². The summed E-state index contributed by atoms with van der Waals surface area (Å²) in [5, 5.41) is 9.45. The summed E-state index contributed by atoms with van der Waals surface area (Å²) in [6.07, 6.45) is 0. The smallest absolute Gasteiger partial charge is 0.343 e. The monoisotopic (exact) mass is 397 g/mol. The number of benzene rings is 2. The fourth-order valence-electron chi connectivity index (χ4n) is 3.51.